The van der Waals surface area contributed by atoms with E-state index in [4.69, 9.17) is 22.4 Å². The van der Waals surface area contributed by atoms with Gasteiger partial charge in [0, 0.05) is 13.2 Å². The summed E-state index contributed by atoms with van der Waals surface area (Å²) in [6.07, 6.45) is 0. The van der Waals surface area contributed by atoms with Crippen LogP contribution in [-0.4, -0.2) is 62.6 Å². The minimum absolute atomic E-state index is 0.227. The Kier molecular flexibility index (Phi) is 10.1. The second-order valence-electron chi connectivity index (χ2n) is 4.57. The summed E-state index contributed by atoms with van der Waals surface area (Å²) in [5, 5.41) is 0. The predicted octanol–water partition coefficient (Wildman–Crippen LogP) is 0.639. The van der Waals surface area contributed by atoms with Gasteiger partial charge in [-0.25, -0.2) is 0 Å². The zero-order valence-corrected chi connectivity index (χ0v) is 17.4. The van der Waals surface area contributed by atoms with Crippen molar-refractivity contribution in [2.24, 2.45) is 0 Å². The third-order valence-electron chi connectivity index (χ3n) is 2.32. The molecule has 0 N–H and O–H groups in total. The van der Waals surface area contributed by atoms with Crippen molar-refractivity contribution in [3.63, 3.8) is 0 Å². The third kappa shape index (κ3) is 9.21. The first-order valence-electron chi connectivity index (χ1n) is 6.52. The Labute approximate surface area is 133 Å². The monoisotopic (exact) mass is 388 g/mol. The highest BCUT2D eigenvalue weighted by atomic mass is 79.9. The average Bonchev–Trinajstić information content (AvgIpc) is 2.36. The van der Waals surface area contributed by atoms with Gasteiger partial charge in [-0.2, -0.15) is 0 Å². The third-order valence-corrected chi connectivity index (χ3v) is 7.15. The molecule has 0 saturated carbocycles. The van der Waals surface area contributed by atoms with Crippen LogP contribution in [0.3, 0.4) is 0 Å². The molecule has 0 aromatic rings. The molecule has 1 unspecified atom stereocenters. The van der Waals surface area contributed by atoms with Crippen molar-refractivity contribution in [2.75, 3.05) is 33.0 Å². The first kappa shape index (κ1) is 20.2. The summed E-state index contributed by atoms with van der Waals surface area (Å²) in [5.41, 5.74) is 0. The van der Waals surface area contributed by atoms with Crippen LogP contribution in [0.2, 0.25) is 6.55 Å². The summed E-state index contributed by atoms with van der Waals surface area (Å²) in [6.45, 7) is 9.20. The van der Waals surface area contributed by atoms with E-state index in [1.165, 1.54) is 0 Å². The molecule has 9 heteroatoms. The van der Waals surface area contributed by atoms with Gasteiger partial charge in [0.05, 0.1) is 19.8 Å². The molecule has 0 aromatic heterocycles. The maximum Gasteiger partial charge on any atom is 0.486 e. The Morgan fingerprint density at radius 1 is 1.20 bits per heavy atom. The Bertz CT molecular complexity index is 287. The van der Waals surface area contributed by atoms with Crippen molar-refractivity contribution < 1.29 is 27.2 Å². The topological polar surface area (TPSA) is 63.2 Å². The summed E-state index contributed by atoms with van der Waals surface area (Å²) < 4.78 is 26.1. The highest BCUT2D eigenvalue weighted by molar-refractivity contribution is 9.10. The maximum atomic E-state index is 11.4. The first-order valence-corrected chi connectivity index (χ1v) is 10.4. The normalized spacial score (nSPS) is 15.1. The molecule has 0 aromatic carbocycles. The van der Waals surface area contributed by atoms with Crippen molar-refractivity contribution >= 4 is 41.2 Å². The molecule has 0 saturated heterocycles. The number of halogens is 1. The fourth-order valence-corrected chi connectivity index (χ4v) is 3.29. The molecule has 0 heterocycles. The van der Waals surface area contributed by atoms with Gasteiger partial charge in [-0.15, -0.1) is 0 Å². The van der Waals surface area contributed by atoms with E-state index in [0.29, 0.717) is 36.9 Å². The number of hydrogen-bond acceptors (Lipinski definition) is 6. The van der Waals surface area contributed by atoms with E-state index in [1.54, 1.807) is 13.8 Å². The molecule has 20 heavy (non-hydrogen) atoms. The Morgan fingerprint density at radius 2 is 1.80 bits per heavy atom. The van der Waals surface area contributed by atoms with E-state index in [1.807, 2.05) is 13.5 Å². The molecule has 0 bridgehead atoms. The van der Waals surface area contributed by atoms with Gasteiger partial charge in [-0.05, 0) is 20.8 Å². The number of esters is 1. The summed E-state index contributed by atoms with van der Waals surface area (Å²) >= 11 is 3.23. The van der Waals surface area contributed by atoms with Crippen LogP contribution >= 0.6 is 15.9 Å². The van der Waals surface area contributed by atoms with Gasteiger partial charge >= 0.3 is 14.8 Å². The van der Waals surface area contributed by atoms with Crippen LogP contribution in [0.5, 0.6) is 0 Å². The minimum Gasteiger partial charge on any atom is -0.462 e. The average molecular weight is 389 g/mol. The standard InChI is InChI=1S/C11H25BrO6Si2/c1-5-16-20(4,18-19)17-9-7-14-6-8-15-10(13)11(2,3)12/h5-9H2,1-4,19H3. The summed E-state index contributed by atoms with van der Waals surface area (Å²) in [4.78, 5) is 11.4. The van der Waals surface area contributed by atoms with Crippen molar-refractivity contribution in [1.29, 1.82) is 0 Å². The first-order chi connectivity index (χ1) is 9.25. The Hall–Kier alpha value is 0.224. The largest absolute Gasteiger partial charge is 0.486 e. The van der Waals surface area contributed by atoms with Crippen molar-refractivity contribution in [1.82, 2.24) is 0 Å². The SMILES string of the molecule is CCO[Si](C)(O[SiH3])OCCOCCOC(=O)C(C)(C)Br. The molecule has 0 amide bonds. The molecule has 0 spiro atoms. The summed E-state index contributed by atoms with van der Waals surface area (Å²) in [7, 11) is -1.86. The minimum atomic E-state index is -2.44. The lowest BCUT2D eigenvalue weighted by Crippen LogP contribution is -2.42. The van der Waals surface area contributed by atoms with Crippen molar-refractivity contribution in [3.8, 4) is 0 Å². The number of alkyl halides is 1. The Balaban J connectivity index is 3.61. The van der Waals surface area contributed by atoms with Gasteiger partial charge in [-0.1, -0.05) is 15.9 Å². The van der Waals surface area contributed by atoms with Crippen LogP contribution in [0.25, 0.3) is 0 Å². The van der Waals surface area contributed by atoms with Gasteiger partial charge in [-0.3, -0.25) is 4.79 Å². The second-order valence-corrected chi connectivity index (χ2v) is 10.5. The molecule has 0 aliphatic carbocycles. The second kappa shape index (κ2) is 10.0. The number of ether oxygens (including phenoxy) is 2. The van der Waals surface area contributed by atoms with Crippen molar-refractivity contribution in [2.45, 2.75) is 31.6 Å². The molecule has 0 radical (unpaired) electrons. The molecule has 0 aliphatic heterocycles. The van der Waals surface area contributed by atoms with Crippen LogP contribution in [0.1, 0.15) is 20.8 Å². The molecule has 1 atom stereocenters. The fourth-order valence-electron chi connectivity index (χ4n) is 1.17. The number of carbonyl (C=O) groups excluding carboxylic acids is 1. The number of rotatable bonds is 11. The van der Waals surface area contributed by atoms with E-state index in [0.717, 1.165) is 0 Å². The van der Waals surface area contributed by atoms with Gasteiger partial charge < -0.3 is 22.4 Å². The number of carbonyl (C=O) groups is 1. The smallest absolute Gasteiger partial charge is 0.462 e. The molecular formula is C11H25BrO6Si2. The highest BCUT2D eigenvalue weighted by Crippen LogP contribution is 2.17. The van der Waals surface area contributed by atoms with E-state index in [-0.39, 0.29) is 12.6 Å². The van der Waals surface area contributed by atoms with Crippen LogP contribution in [0.4, 0.5) is 0 Å². The van der Waals surface area contributed by atoms with Gasteiger partial charge in [0.25, 0.3) is 0 Å². The van der Waals surface area contributed by atoms with E-state index in [2.05, 4.69) is 15.9 Å². The maximum absolute atomic E-state index is 11.4. The molecule has 0 rings (SSSR count). The van der Waals surface area contributed by atoms with Gasteiger partial charge in [0.1, 0.15) is 21.4 Å². The van der Waals surface area contributed by atoms with Crippen molar-refractivity contribution in [3.05, 3.63) is 0 Å². The van der Waals surface area contributed by atoms with Crippen LogP contribution < -0.4 is 0 Å². The predicted molar refractivity (Wildman–Crippen MR) is 85.0 cm³/mol. The zero-order chi connectivity index (χ0) is 15.6. The molecule has 0 fully saturated rings. The van der Waals surface area contributed by atoms with E-state index in [9.17, 15) is 4.79 Å². The van der Waals surface area contributed by atoms with Crippen LogP contribution in [-0.2, 0) is 27.2 Å². The van der Waals surface area contributed by atoms with Crippen LogP contribution in [0, 0.1) is 0 Å². The quantitative estimate of drug-likeness (QED) is 0.224. The number of hydrogen-bond donors (Lipinski definition) is 0. The fraction of sp³-hybridized carbons (Fsp3) is 0.909. The van der Waals surface area contributed by atoms with Crippen LogP contribution in [0.15, 0.2) is 0 Å². The zero-order valence-electron chi connectivity index (χ0n) is 12.9. The molecule has 0 aliphatic rings. The van der Waals surface area contributed by atoms with E-state index >= 15 is 0 Å². The summed E-state index contributed by atoms with van der Waals surface area (Å²) in [6, 6.07) is 0. The lowest BCUT2D eigenvalue weighted by atomic mass is 10.2. The summed E-state index contributed by atoms with van der Waals surface area (Å²) in [5.74, 6) is -0.307. The van der Waals surface area contributed by atoms with E-state index < -0.39 is 13.1 Å². The molecule has 120 valence electrons. The lowest BCUT2D eigenvalue weighted by Gasteiger charge is -2.24. The lowest BCUT2D eigenvalue weighted by molar-refractivity contribution is -0.147. The van der Waals surface area contributed by atoms with Gasteiger partial charge in [0.15, 0.2) is 0 Å². The highest BCUT2D eigenvalue weighted by Gasteiger charge is 2.31. The molecule has 6 nitrogen and oxygen atoms in total. The van der Waals surface area contributed by atoms with Gasteiger partial charge in [0.2, 0.25) is 0 Å². The Morgan fingerprint density at radius 3 is 2.30 bits per heavy atom. The molecular weight excluding hydrogens is 364 g/mol.